The van der Waals surface area contributed by atoms with E-state index in [4.69, 9.17) is 4.74 Å². The number of anilines is 1. The molecule has 9 nitrogen and oxygen atoms in total. The Labute approximate surface area is 209 Å². The Bertz CT molecular complexity index is 1580. The number of aryl methyl sites for hydroxylation is 1. The van der Waals surface area contributed by atoms with Crippen LogP contribution in [0.4, 0.5) is 18.9 Å². The third-order valence-electron chi connectivity index (χ3n) is 5.95. The summed E-state index contributed by atoms with van der Waals surface area (Å²) < 4.78 is 71.9. The highest BCUT2D eigenvalue weighted by atomic mass is 32.2. The lowest BCUT2D eigenvalue weighted by atomic mass is 10.00. The first-order chi connectivity index (χ1) is 17.3. The second kappa shape index (κ2) is 9.54. The molecule has 37 heavy (non-hydrogen) atoms. The summed E-state index contributed by atoms with van der Waals surface area (Å²) in [4.78, 5) is 40.1. The number of pyridine rings is 1. The number of aromatic nitrogens is 1. The number of ether oxygens (including phenoxy) is 1. The van der Waals surface area contributed by atoms with Gasteiger partial charge in [-0.15, -0.1) is 0 Å². The van der Waals surface area contributed by atoms with Gasteiger partial charge < -0.3 is 14.6 Å². The number of benzene rings is 2. The van der Waals surface area contributed by atoms with E-state index >= 15 is 0 Å². The monoisotopic (exact) mass is 537 g/mol. The van der Waals surface area contributed by atoms with Crippen molar-refractivity contribution >= 4 is 38.5 Å². The zero-order chi connectivity index (χ0) is 27.1. The normalized spacial score (nSPS) is 13.8. The van der Waals surface area contributed by atoms with Gasteiger partial charge in [-0.25, -0.2) is 13.2 Å². The van der Waals surface area contributed by atoms with Crippen molar-refractivity contribution < 1.29 is 35.9 Å². The van der Waals surface area contributed by atoms with Crippen LogP contribution in [-0.2, 0) is 32.5 Å². The number of sulfonamides is 1. The molecule has 0 unspecified atom stereocenters. The lowest BCUT2D eigenvalue weighted by Gasteiger charge is -2.29. The molecule has 2 N–H and O–H groups in total. The highest BCUT2D eigenvalue weighted by molar-refractivity contribution is 7.92. The maximum absolute atomic E-state index is 13.1. The number of nitrogens with zero attached hydrogens (tertiary/aromatic N) is 1. The van der Waals surface area contributed by atoms with E-state index < -0.39 is 33.5 Å². The minimum absolute atomic E-state index is 0.0308. The Morgan fingerprint density at radius 2 is 1.86 bits per heavy atom. The van der Waals surface area contributed by atoms with Crippen LogP contribution >= 0.6 is 0 Å². The lowest BCUT2D eigenvalue weighted by Crippen LogP contribution is -2.43. The van der Waals surface area contributed by atoms with Crippen molar-refractivity contribution in [3.05, 3.63) is 69.0 Å². The topological polar surface area (TPSA) is 126 Å². The number of carbonyl (C=O) groups is 2. The molecule has 2 aromatic carbocycles. The first kappa shape index (κ1) is 26.2. The molecule has 196 valence electrons. The molecule has 0 spiro atoms. The van der Waals surface area contributed by atoms with Crippen molar-refractivity contribution in [1.82, 2.24) is 9.88 Å². The Morgan fingerprint density at radius 3 is 2.54 bits per heavy atom. The molecule has 1 aromatic heterocycles. The predicted molar refractivity (Wildman–Crippen MR) is 128 cm³/mol. The van der Waals surface area contributed by atoms with E-state index in [1.807, 2.05) is 0 Å². The molecule has 3 aromatic rings. The molecule has 0 aliphatic carbocycles. The standard InChI is InChI=1S/C24H22F3N3O6S/c1-3-36-22(32)20-13(2)28-19-7-5-16(11-18(19)21(20)31)29-37(34,35)17-6-4-14-8-9-30(12-15(14)10-17)23(33)24(25,26)27/h4-7,10-11,29H,3,8-9,12H2,1-2H3,(H,28,31). The van der Waals surface area contributed by atoms with Gasteiger partial charge in [0.05, 0.1) is 11.5 Å². The predicted octanol–water partition coefficient (Wildman–Crippen LogP) is 3.26. The van der Waals surface area contributed by atoms with Crippen molar-refractivity contribution in [2.24, 2.45) is 0 Å². The zero-order valence-electron chi connectivity index (χ0n) is 19.7. The van der Waals surface area contributed by atoms with Gasteiger partial charge >= 0.3 is 18.1 Å². The van der Waals surface area contributed by atoms with Gasteiger partial charge in [-0.05, 0) is 61.7 Å². The number of aromatic amines is 1. The Kier molecular flexibility index (Phi) is 6.76. The summed E-state index contributed by atoms with van der Waals surface area (Å²) >= 11 is 0. The van der Waals surface area contributed by atoms with Gasteiger partial charge in [0.15, 0.2) is 0 Å². The maximum Gasteiger partial charge on any atom is 0.471 e. The van der Waals surface area contributed by atoms with Crippen LogP contribution in [0.25, 0.3) is 10.9 Å². The van der Waals surface area contributed by atoms with Crippen molar-refractivity contribution in [3.8, 4) is 0 Å². The van der Waals surface area contributed by atoms with E-state index in [1.165, 1.54) is 36.4 Å². The smallest absolute Gasteiger partial charge is 0.462 e. The minimum atomic E-state index is -5.03. The average Bonchev–Trinajstić information content (AvgIpc) is 2.82. The summed E-state index contributed by atoms with van der Waals surface area (Å²) in [6.07, 6.45) is -4.87. The molecule has 1 aliphatic rings. The second-order valence-corrected chi connectivity index (χ2v) is 10.1. The molecule has 0 fully saturated rings. The van der Waals surface area contributed by atoms with Crippen molar-refractivity contribution in [3.63, 3.8) is 0 Å². The SMILES string of the molecule is CCOC(=O)c1c(C)[nH]c2ccc(NS(=O)(=O)c3ccc4c(c3)CN(C(=O)C(F)(F)F)CC4)cc2c1=O. The van der Waals surface area contributed by atoms with Gasteiger partial charge in [0.25, 0.3) is 10.0 Å². The number of nitrogens with one attached hydrogen (secondary N) is 2. The van der Waals surface area contributed by atoms with Gasteiger partial charge in [-0.1, -0.05) is 6.07 Å². The molecular weight excluding hydrogens is 515 g/mol. The zero-order valence-corrected chi connectivity index (χ0v) is 20.5. The van der Waals surface area contributed by atoms with E-state index in [2.05, 4.69) is 9.71 Å². The summed E-state index contributed by atoms with van der Waals surface area (Å²) in [5.74, 6) is -2.79. The van der Waals surface area contributed by atoms with Gasteiger partial charge in [0, 0.05) is 35.4 Å². The van der Waals surface area contributed by atoms with Crippen LogP contribution in [0.3, 0.4) is 0 Å². The number of carbonyl (C=O) groups excluding carboxylic acids is 2. The number of esters is 1. The van der Waals surface area contributed by atoms with Crippen LogP contribution in [0.2, 0.25) is 0 Å². The van der Waals surface area contributed by atoms with Crippen molar-refractivity contribution in [2.45, 2.75) is 37.9 Å². The summed E-state index contributed by atoms with van der Waals surface area (Å²) in [5.41, 5.74) is 0.817. The third kappa shape index (κ3) is 5.17. The largest absolute Gasteiger partial charge is 0.471 e. The fourth-order valence-corrected chi connectivity index (χ4v) is 5.29. The number of halogens is 3. The number of amides is 1. The number of hydrogen-bond acceptors (Lipinski definition) is 6. The number of hydrogen-bond donors (Lipinski definition) is 2. The van der Waals surface area contributed by atoms with Crippen LogP contribution in [0.15, 0.2) is 46.1 Å². The van der Waals surface area contributed by atoms with Crippen LogP contribution in [0, 0.1) is 6.92 Å². The van der Waals surface area contributed by atoms with Crippen molar-refractivity contribution in [2.75, 3.05) is 17.9 Å². The van der Waals surface area contributed by atoms with Crippen LogP contribution in [-0.4, -0.2) is 49.5 Å². The first-order valence-corrected chi connectivity index (χ1v) is 12.6. The third-order valence-corrected chi connectivity index (χ3v) is 7.33. The molecule has 0 atom stereocenters. The summed E-state index contributed by atoms with van der Waals surface area (Å²) in [6.45, 7) is 2.70. The number of fused-ring (bicyclic) bond motifs is 2. The summed E-state index contributed by atoms with van der Waals surface area (Å²) in [7, 11) is -4.22. The molecule has 0 radical (unpaired) electrons. The average molecular weight is 538 g/mol. The summed E-state index contributed by atoms with van der Waals surface area (Å²) in [5, 5.41) is 0.0561. The van der Waals surface area contributed by atoms with Crippen LogP contribution in [0.1, 0.15) is 34.1 Å². The van der Waals surface area contributed by atoms with E-state index in [0.29, 0.717) is 21.7 Å². The molecule has 1 aliphatic heterocycles. The van der Waals surface area contributed by atoms with Crippen molar-refractivity contribution in [1.29, 1.82) is 0 Å². The molecule has 0 bridgehead atoms. The fourth-order valence-electron chi connectivity index (χ4n) is 4.19. The fraction of sp³-hybridized carbons (Fsp3) is 0.292. The molecular formula is C24H22F3N3O6S. The number of H-pyrrole nitrogens is 1. The second-order valence-electron chi connectivity index (χ2n) is 8.45. The molecule has 4 rings (SSSR count). The Morgan fingerprint density at radius 1 is 1.14 bits per heavy atom. The van der Waals surface area contributed by atoms with Crippen LogP contribution < -0.4 is 10.2 Å². The molecule has 2 heterocycles. The highest BCUT2D eigenvalue weighted by Crippen LogP contribution is 2.28. The van der Waals surface area contributed by atoms with E-state index in [1.54, 1.807) is 13.8 Å². The molecule has 0 saturated heterocycles. The quantitative estimate of drug-likeness (QED) is 0.482. The van der Waals surface area contributed by atoms with Gasteiger partial charge in [0.1, 0.15) is 5.56 Å². The van der Waals surface area contributed by atoms with E-state index in [-0.39, 0.29) is 53.2 Å². The summed E-state index contributed by atoms with van der Waals surface area (Å²) in [6, 6.07) is 8.21. The van der Waals surface area contributed by atoms with E-state index in [9.17, 15) is 36.0 Å². The van der Waals surface area contributed by atoms with Gasteiger partial charge in [-0.3, -0.25) is 14.3 Å². The van der Waals surface area contributed by atoms with Crippen LogP contribution in [0.5, 0.6) is 0 Å². The lowest BCUT2D eigenvalue weighted by molar-refractivity contribution is -0.186. The Balaban J connectivity index is 1.65. The molecule has 1 amide bonds. The Hall–Kier alpha value is -3.87. The maximum atomic E-state index is 13.1. The van der Waals surface area contributed by atoms with E-state index in [0.717, 1.165) is 0 Å². The first-order valence-electron chi connectivity index (χ1n) is 11.2. The number of rotatable bonds is 5. The minimum Gasteiger partial charge on any atom is -0.462 e. The van der Waals surface area contributed by atoms with Gasteiger partial charge in [-0.2, -0.15) is 13.2 Å². The molecule has 0 saturated carbocycles. The number of alkyl halides is 3. The highest BCUT2D eigenvalue weighted by Gasteiger charge is 2.43. The van der Waals surface area contributed by atoms with Gasteiger partial charge in [0.2, 0.25) is 5.43 Å². The molecule has 13 heteroatoms.